The molecule has 6 aromatic rings. The van der Waals surface area contributed by atoms with E-state index in [1.807, 2.05) is 0 Å². The maximum absolute atomic E-state index is 2.85. The fraction of sp³-hybridized carbons (Fsp3) is 0.244. The lowest BCUT2D eigenvalue weighted by Gasteiger charge is -2.46. The number of hydrogen-bond acceptors (Lipinski definition) is 2. The van der Waals surface area contributed by atoms with E-state index in [1.165, 1.54) is 88.5 Å². The molecule has 0 spiro atoms. The second-order valence-corrected chi connectivity index (χ2v) is 13.6. The van der Waals surface area contributed by atoms with Gasteiger partial charge in [0.25, 0.3) is 0 Å². The average molecular weight is 613 g/mol. The van der Waals surface area contributed by atoms with Crippen LogP contribution in [-0.2, 0) is 0 Å². The summed E-state index contributed by atoms with van der Waals surface area (Å²) in [6.07, 6.45) is 7.46. The zero-order valence-electron chi connectivity index (χ0n) is 27.2. The molecular formula is C45H44N2. The Kier molecular flexibility index (Phi) is 8.49. The third-order valence-corrected chi connectivity index (χ3v) is 10.8. The predicted octanol–water partition coefficient (Wildman–Crippen LogP) is 11.4. The molecule has 2 fully saturated rings. The molecule has 1 aliphatic heterocycles. The molecule has 0 atom stereocenters. The van der Waals surface area contributed by atoms with Crippen LogP contribution in [-0.4, -0.2) is 25.2 Å². The third kappa shape index (κ3) is 6.43. The summed E-state index contributed by atoms with van der Waals surface area (Å²) in [5.41, 5.74) is 9.36. The van der Waals surface area contributed by atoms with Crippen LogP contribution in [0, 0.1) is 0 Å². The molecule has 1 saturated carbocycles. The molecule has 2 nitrogen and oxygen atoms in total. The lowest BCUT2D eigenvalue weighted by Crippen LogP contribution is -2.50. The zero-order chi connectivity index (χ0) is 31.4. The van der Waals surface area contributed by atoms with E-state index in [4.69, 9.17) is 0 Å². The van der Waals surface area contributed by atoms with Crippen molar-refractivity contribution >= 4 is 22.1 Å². The van der Waals surface area contributed by atoms with E-state index in [9.17, 15) is 0 Å². The van der Waals surface area contributed by atoms with Crippen LogP contribution in [0.15, 0.2) is 152 Å². The molecule has 1 saturated heterocycles. The van der Waals surface area contributed by atoms with Crippen LogP contribution in [0.4, 0.5) is 11.4 Å². The van der Waals surface area contributed by atoms with Crippen LogP contribution in [0.5, 0.6) is 0 Å². The van der Waals surface area contributed by atoms with E-state index in [0.29, 0.717) is 18.0 Å². The van der Waals surface area contributed by atoms with Gasteiger partial charge in [-0.15, -0.1) is 0 Å². The molecule has 2 heteroatoms. The fourth-order valence-corrected chi connectivity index (χ4v) is 8.23. The summed E-state index contributed by atoms with van der Waals surface area (Å²) in [4.78, 5) is 5.42. The lowest BCUT2D eigenvalue weighted by molar-refractivity contribution is 0.336. The number of fused-ring (bicyclic) bond motifs is 1. The topological polar surface area (TPSA) is 6.48 Å². The minimum Gasteiger partial charge on any atom is -0.371 e. The predicted molar refractivity (Wildman–Crippen MR) is 200 cm³/mol. The quantitative estimate of drug-likeness (QED) is 0.177. The van der Waals surface area contributed by atoms with E-state index in [1.54, 1.807) is 0 Å². The summed E-state index contributed by atoms with van der Waals surface area (Å²) in [6.45, 7) is 2.23. The molecule has 234 valence electrons. The monoisotopic (exact) mass is 612 g/mol. The Labute approximate surface area is 280 Å². The molecule has 1 aliphatic carbocycles. The summed E-state index contributed by atoms with van der Waals surface area (Å²) in [5, 5.41) is 2.57. The number of benzene rings is 6. The van der Waals surface area contributed by atoms with Crippen LogP contribution in [0.3, 0.4) is 0 Å². The van der Waals surface area contributed by atoms with Gasteiger partial charge in [-0.25, -0.2) is 0 Å². The molecule has 6 aromatic carbocycles. The third-order valence-electron chi connectivity index (χ3n) is 10.8. The maximum Gasteiger partial charge on any atom is 0.0371 e. The number of para-hydroxylation sites is 1. The fourth-order valence-electron chi connectivity index (χ4n) is 8.23. The minimum absolute atomic E-state index is 0.568. The molecule has 0 radical (unpaired) electrons. The molecule has 0 unspecified atom stereocenters. The van der Waals surface area contributed by atoms with Gasteiger partial charge in [-0.1, -0.05) is 115 Å². The van der Waals surface area contributed by atoms with Crippen LogP contribution in [0.25, 0.3) is 33.0 Å². The first-order chi connectivity index (χ1) is 23.3. The van der Waals surface area contributed by atoms with Crippen LogP contribution in [0.1, 0.15) is 50.0 Å². The van der Waals surface area contributed by atoms with Crippen molar-refractivity contribution in [2.45, 2.75) is 56.5 Å². The normalized spacial score (nSPS) is 18.7. The number of piperidine rings is 1. The molecule has 47 heavy (non-hydrogen) atoms. The SMILES string of the molecule is c1ccc(-c2ccc3cc(-c4ccc(N(C5CCC(c6ccccc6)CC5)C5CCN(c6ccccc6)CC5)cc4)ccc3c2)cc1. The smallest absolute Gasteiger partial charge is 0.0371 e. The van der Waals surface area contributed by atoms with Crippen molar-refractivity contribution in [3.63, 3.8) is 0 Å². The van der Waals surface area contributed by atoms with E-state index in [0.717, 1.165) is 13.1 Å². The van der Waals surface area contributed by atoms with Gasteiger partial charge in [0.2, 0.25) is 0 Å². The molecule has 0 amide bonds. The van der Waals surface area contributed by atoms with Gasteiger partial charge in [0.05, 0.1) is 0 Å². The van der Waals surface area contributed by atoms with Crippen molar-refractivity contribution in [2.75, 3.05) is 22.9 Å². The minimum atomic E-state index is 0.568. The van der Waals surface area contributed by atoms with Gasteiger partial charge in [-0.2, -0.15) is 0 Å². The van der Waals surface area contributed by atoms with Crippen LogP contribution >= 0.6 is 0 Å². The maximum atomic E-state index is 2.85. The molecule has 0 aromatic heterocycles. The first-order valence-electron chi connectivity index (χ1n) is 17.6. The second-order valence-electron chi connectivity index (χ2n) is 13.6. The highest BCUT2D eigenvalue weighted by Gasteiger charge is 2.33. The van der Waals surface area contributed by atoms with Crippen molar-refractivity contribution in [3.8, 4) is 22.3 Å². The highest BCUT2D eigenvalue weighted by atomic mass is 15.2. The molecule has 8 rings (SSSR count). The standard InChI is InChI=1S/C45H44N2/c1-4-10-34(11-5-1)36-20-24-43(25-21-36)47(45-28-30-46(31-29-45)42-14-8-3-9-15-42)44-26-22-37(23-27-44)39-17-19-40-32-38(16-18-41(40)33-39)35-12-6-2-7-13-35/h1-19,22-23,26-27,32-33,36,43,45H,20-21,24-25,28-31H2. The molecular weight excluding hydrogens is 569 g/mol. The van der Waals surface area contributed by atoms with Crippen molar-refractivity contribution in [3.05, 3.63) is 157 Å². The van der Waals surface area contributed by atoms with Gasteiger partial charge >= 0.3 is 0 Å². The van der Waals surface area contributed by atoms with Crippen LogP contribution < -0.4 is 9.80 Å². The number of nitrogens with zero attached hydrogens (tertiary/aromatic N) is 2. The highest BCUT2D eigenvalue weighted by Crippen LogP contribution is 2.39. The van der Waals surface area contributed by atoms with Crippen molar-refractivity contribution in [2.24, 2.45) is 0 Å². The van der Waals surface area contributed by atoms with Gasteiger partial charge in [0, 0.05) is 36.5 Å². The Balaban J connectivity index is 1.03. The number of rotatable bonds is 7. The van der Waals surface area contributed by atoms with Crippen molar-refractivity contribution in [1.29, 1.82) is 0 Å². The van der Waals surface area contributed by atoms with Crippen LogP contribution in [0.2, 0.25) is 0 Å². The van der Waals surface area contributed by atoms with Gasteiger partial charge < -0.3 is 9.80 Å². The lowest BCUT2D eigenvalue weighted by atomic mass is 9.80. The Morgan fingerprint density at radius 2 is 0.915 bits per heavy atom. The van der Waals surface area contributed by atoms with Crippen molar-refractivity contribution < 1.29 is 0 Å². The van der Waals surface area contributed by atoms with E-state index in [2.05, 4.69) is 161 Å². The second kappa shape index (κ2) is 13.5. The number of anilines is 2. The first kappa shape index (κ1) is 29.6. The summed E-state index contributed by atoms with van der Waals surface area (Å²) >= 11 is 0. The Hall–Kier alpha value is -4.82. The number of hydrogen-bond donors (Lipinski definition) is 0. The summed E-state index contributed by atoms with van der Waals surface area (Å²) in [6, 6.07) is 57.3. The molecule has 0 bridgehead atoms. The Bertz CT molecular complexity index is 1820. The van der Waals surface area contributed by atoms with Gasteiger partial charge in [-0.05, 0) is 119 Å². The summed E-state index contributed by atoms with van der Waals surface area (Å²) in [7, 11) is 0. The highest BCUT2D eigenvalue weighted by molar-refractivity contribution is 5.91. The van der Waals surface area contributed by atoms with E-state index >= 15 is 0 Å². The van der Waals surface area contributed by atoms with Gasteiger partial charge in [0.15, 0.2) is 0 Å². The molecule has 1 heterocycles. The van der Waals surface area contributed by atoms with Gasteiger partial charge in [0.1, 0.15) is 0 Å². The van der Waals surface area contributed by atoms with Crippen molar-refractivity contribution in [1.82, 2.24) is 0 Å². The largest absolute Gasteiger partial charge is 0.371 e. The first-order valence-corrected chi connectivity index (χ1v) is 17.6. The summed E-state index contributed by atoms with van der Waals surface area (Å²) in [5.74, 6) is 0.688. The summed E-state index contributed by atoms with van der Waals surface area (Å²) < 4.78 is 0. The average Bonchev–Trinajstić information content (AvgIpc) is 3.16. The van der Waals surface area contributed by atoms with E-state index < -0.39 is 0 Å². The Morgan fingerprint density at radius 3 is 1.51 bits per heavy atom. The van der Waals surface area contributed by atoms with Gasteiger partial charge in [-0.3, -0.25) is 0 Å². The Morgan fingerprint density at radius 1 is 0.426 bits per heavy atom. The molecule has 2 aliphatic rings. The molecule has 0 N–H and O–H groups in total. The van der Waals surface area contributed by atoms with E-state index in [-0.39, 0.29) is 0 Å². The zero-order valence-corrected chi connectivity index (χ0v) is 27.2.